The molecule has 0 aliphatic carbocycles. The van der Waals surface area contributed by atoms with Gasteiger partial charge in [0.05, 0.1) is 18.2 Å². The first-order valence-corrected chi connectivity index (χ1v) is 8.02. The summed E-state index contributed by atoms with van der Waals surface area (Å²) in [5.74, 6) is -0.492. The molecule has 1 aromatic carbocycles. The Balaban J connectivity index is 1.92. The van der Waals surface area contributed by atoms with Crippen molar-refractivity contribution in [2.24, 2.45) is 0 Å². The average Bonchev–Trinajstić information content (AvgIpc) is 2.61. The molecule has 3 rings (SSSR count). The quantitative estimate of drug-likeness (QED) is 0.822. The van der Waals surface area contributed by atoms with E-state index in [1.165, 1.54) is 18.2 Å². The molecule has 6 nitrogen and oxygen atoms in total. The van der Waals surface area contributed by atoms with E-state index in [0.29, 0.717) is 12.3 Å². The number of anilines is 1. The number of hydrogen-bond donors (Lipinski definition) is 1. The molecule has 20 heavy (non-hydrogen) atoms. The molecule has 7 heteroatoms. The van der Waals surface area contributed by atoms with Crippen molar-refractivity contribution >= 4 is 21.6 Å². The zero-order valence-corrected chi connectivity index (χ0v) is 11.7. The van der Waals surface area contributed by atoms with Gasteiger partial charge in [-0.05, 0) is 37.5 Å². The maximum absolute atomic E-state index is 12.4. The predicted molar refractivity (Wildman–Crippen MR) is 72.7 cm³/mol. The maximum Gasteiger partial charge on any atom is 0.269 e. The number of carbonyl (C=O) groups is 1. The second-order valence-electron chi connectivity index (χ2n) is 5.09. The van der Waals surface area contributed by atoms with Crippen molar-refractivity contribution in [3.63, 3.8) is 0 Å². The van der Waals surface area contributed by atoms with Gasteiger partial charge in [0.25, 0.3) is 15.9 Å². The number of fused-ring (bicyclic) bond motifs is 1. The highest BCUT2D eigenvalue weighted by atomic mass is 32.2. The fourth-order valence-electron chi connectivity index (χ4n) is 2.61. The first-order chi connectivity index (χ1) is 9.50. The van der Waals surface area contributed by atoms with Crippen LogP contribution in [-0.2, 0) is 14.8 Å². The number of hydrogen-bond acceptors (Lipinski definition) is 5. The van der Waals surface area contributed by atoms with Gasteiger partial charge in [0.2, 0.25) is 0 Å². The van der Waals surface area contributed by atoms with E-state index in [2.05, 4.69) is 0 Å². The highest BCUT2D eigenvalue weighted by molar-refractivity contribution is 7.90. The van der Waals surface area contributed by atoms with Crippen LogP contribution in [-0.4, -0.2) is 37.9 Å². The first-order valence-electron chi connectivity index (χ1n) is 6.58. The van der Waals surface area contributed by atoms with Crippen LogP contribution in [0.3, 0.4) is 0 Å². The van der Waals surface area contributed by atoms with Gasteiger partial charge in [-0.25, -0.2) is 12.7 Å². The van der Waals surface area contributed by atoms with Crippen LogP contribution in [0.5, 0.6) is 0 Å². The van der Waals surface area contributed by atoms with Crippen molar-refractivity contribution in [2.45, 2.75) is 30.3 Å². The molecule has 2 aliphatic heterocycles. The van der Waals surface area contributed by atoms with Crippen LogP contribution in [0, 0.1) is 0 Å². The van der Waals surface area contributed by atoms with Crippen molar-refractivity contribution in [1.29, 1.82) is 0 Å². The predicted octanol–water partition coefficient (Wildman–Crippen LogP) is 0.982. The smallest absolute Gasteiger partial charge is 0.269 e. The van der Waals surface area contributed by atoms with Gasteiger partial charge < -0.3 is 10.5 Å². The Kier molecular flexibility index (Phi) is 3.18. The minimum absolute atomic E-state index is 0.00157. The summed E-state index contributed by atoms with van der Waals surface area (Å²) >= 11 is 0. The highest BCUT2D eigenvalue weighted by Crippen LogP contribution is 2.32. The molecule has 1 amide bonds. The van der Waals surface area contributed by atoms with E-state index in [1.54, 1.807) is 0 Å². The number of nitrogens with zero attached hydrogens (tertiary/aromatic N) is 1. The second kappa shape index (κ2) is 4.75. The molecule has 1 aromatic rings. The summed E-state index contributed by atoms with van der Waals surface area (Å²) in [4.78, 5) is 12.2. The van der Waals surface area contributed by atoms with Gasteiger partial charge in [-0.15, -0.1) is 0 Å². The van der Waals surface area contributed by atoms with E-state index in [0.717, 1.165) is 23.6 Å². The Morgan fingerprint density at radius 2 is 2.15 bits per heavy atom. The monoisotopic (exact) mass is 296 g/mol. The number of nitrogen functional groups attached to an aromatic ring is 1. The Morgan fingerprint density at radius 1 is 1.35 bits per heavy atom. The average molecular weight is 296 g/mol. The maximum atomic E-state index is 12.4. The number of amides is 1. The number of nitrogens with two attached hydrogens (primary N) is 1. The summed E-state index contributed by atoms with van der Waals surface area (Å²) in [6, 6.07) is 4.34. The molecule has 2 aliphatic rings. The number of benzene rings is 1. The molecular weight excluding hydrogens is 280 g/mol. The summed E-state index contributed by atoms with van der Waals surface area (Å²) < 4.78 is 31.3. The van der Waals surface area contributed by atoms with Crippen LogP contribution in [0.15, 0.2) is 23.1 Å². The summed E-state index contributed by atoms with van der Waals surface area (Å²) in [5.41, 5.74) is 6.13. The number of ether oxygens (including phenoxy) is 1. The zero-order chi connectivity index (χ0) is 14.3. The van der Waals surface area contributed by atoms with Gasteiger partial charge in [0, 0.05) is 12.3 Å². The van der Waals surface area contributed by atoms with Crippen molar-refractivity contribution in [2.75, 3.05) is 18.9 Å². The summed E-state index contributed by atoms with van der Waals surface area (Å²) in [7, 11) is -3.79. The molecule has 108 valence electrons. The van der Waals surface area contributed by atoms with Crippen molar-refractivity contribution in [3.05, 3.63) is 23.8 Å². The fourth-order valence-corrected chi connectivity index (χ4v) is 4.24. The van der Waals surface area contributed by atoms with Gasteiger partial charge in [-0.1, -0.05) is 0 Å². The number of rotatable bonds is 2. The SMILES string of the molecule is Nc1ccc2c(c1)S(=O)(=O)N(CC1CCCCO1)C2=O. The molecule has 0 radical (unpaired) electrons. The molecule has 2 N–H and O–H groups in total. The fraction of sp³-hybridized carbons (Fsp3) is 0.462. The van der Waals surface area contributed by atoms with Crippen LogP contribution < -0.4 is 5.73 Å². The molecule has 0 spiro atoms. The second-order valence-corrected chi connectivity index (χ2v) is 6.92. The third-order valence-corrected chi connectivity index (χ3v) is 5.46. The van der Waals surface area contributed by atoms with E-state index in [-0.39, 0.29) is 23.1 Å². The summed E-state index contributed by atoms with van der Waals surface area (Å²) in [5, 5.41) is 0. The lowest BCUT2D eigenvalue weighted by Crippen LogP contribution is -2.39. The van der Waals surface area contributed by atoms with Crippen molar-refractivity contribution in [3.8, 4) is 0 Å². The Hall–Kier alpha value is -1.60. The largest absolute Gasteiger partial charge is 0.399 e. The van der Waals surface area contributed by atoms with Crippen LogP contribution in [0.2, 0.25) is 0 Å². The van der Waals surface area contributed by atoms with Gasteiger partial charge in [-0.2, -0.15) is 0 Å². The minimum atomic E-state index is -3.79. The first kappa shape index (κ1) is 13.4. The van der Waals surface area contributed by atoms with E-state index in [1.807, 2.05) is 0 Å². The molecule has 0 saturated carbocycles. The van der Waals surface area contributed by atoms with Gasteiger partial charge >= 0.3 is 0 Å². The number of carbonyl (C=O) groups excluding carboxylic acids is 1. The highest BCUT2D eigenvalue weighted by Gasteiger charge is 2.42. The van der Waals surface area contributed by atoms with E-state index < -0.39 is 15.9 Å². The molecule has 0 aromatic heterocycles. The summed E-state index contributed by atoms with van der Waals surface area (Å²) in [6.07, 6.45) is 2.53. The molecule has 2 heterocycles. The normalized spacial score (nSPS) is 24.7. The van der Waals surface area contributed by atoms with Crippen LogP contribution >= 0.6 is 0 Å². The molecule has 1 atom stereocenters. The number of sulfonamides is 1. The Bertz CT molecular complexity index is 650. The van der Waals surface area contributed by atoms with Gasteiger partial charge in [-0.3, -0.25) is 4.79 Å². The standard InChI is InChI=1S/C13H16N2O4S/c14-9-4-5-11-12(7-9)20(17,18)15(13(11)16)8-10-3-1-2-6-19-10/h4-5,7,10H,1-3,6,8,14H2. The topological polar surface area (TPSA) is 89.7 Å². The lowest BCUT2D eigenvalue weighted by Gasteiger charge is -2.26. The van der Waals surface area contributed by atoms with E-state index >= 15 is 0 Å². The van der Waals surface area contributed by atoms with E-state index in [4.69, 9.17) is 10.5 Å². The Morgan fingerprint density at radius 3 is 2.85 bits per heavy atom. The zero-order valence-electron chi connectivity index (χ0n) is 10.9. The minimum Gasteiger partial charge on any atom is -0.399 e. The van der Waals surface area contributed by atoms with Crippen molar-refractivity contribution < 1.29 is 17.9 Å². The van der Waals surface area contributed by atoms with Crippen molar-refractivity contribution in [1.82, 2.24) is 4.31 Å². The third-order valence-electron chi connectivity index (χ3n) is 3.67. The van der Waals surface area contributed by atoms with Crippen LogP contribution in [0.25, 0.3) is 0 Å². The van der Waals surface area contributed by atoms with Crippen LogP contribution in [0.1, 0.15) is 29.6 Å². The summed E-state index contributed by atoms with van der Waals surface area (Å²) in [6.45, 7) is 0.697. The molecular formula is C13H16N2O4S. The lowest BCUT2D eigenvalue weighted by molar-refractivity contribution is 0.00708. The van der Waals surface area contributed by atoms with Crippen LogP contribution in [0.4, 0.5) is 5.69 Å². The molecule has 1 fully saturated rings. The third kappa shape index (κ3) is 2.06. The molecule has 1 unspecified atom stereocenters. The molecule has 1 saturated heterocycles. The van der Waals surface area contributed by atoms with Gasteiger partial charge in [0.1, 0.15) is 4.90 Å². The van der Waals surface area contributed by atoms with E-state index in [9.17, 15) is 13.2 Å². The van der Waals surface area contributed by atoms with Gasteiger partial charge in [0.15, 0.2) is 0 Å². The Labute approximate surface area is 117 Å². The lowest BCUT2D eigenvalue weighted by atomic mass is 10.1. The molecule has 0 bridgehead atoms.